The number of thioether (sulfide) groups is 1. The van der Waals surface area contributed by atoms with Crippen molar-refractivity contribution in [3.05, 3.63) is 29.8 Å². The molecular formula is C16H24N2OS2. The molecule has 0 aliphatic carbocycles. The monoisotopic (exact) mass is 324 g/mol. The first-order valence-electron chi connectivity index (χ1n) is 7.55. The molecule has 1 fully saturated rings. The highest BCUT2D eigenvalue weighted by Gasteiger charge is 2.18. The molecule has 21 heavy (non-hydrogen) atoms. The maximum Gasteiger partial charge on any atom is 0.119 e. The van der Waals surface area contributed by atoms with E-state index >= 15 is 0 Å². The van der Waals surface area contributed by atoms with Crippen LogP contribution >= 0.6 is 24.0 Å². The summed E-state index contributed by atoms with van der Waals surface area (Å²) >= 11 is 7.05. The van der Waals surface area contributed by atoms with Gasteiger partial charge in [-0.2, -0.15) is 11.8 Å². The van der Waals surface area contributed by atoms with E-state index in [2.05, 4.69) is 23.6 Å². The third-order valence-electron chi connectivity index (χ3n) is 3.70. The molecule has 116 valence electrons. The molecule has 1 heterocycles. The van der Waals surface area contributed by atoms with E-state index in [1.165, 1.54) is 25.3 Å². The SMILES string of the molecule is CCC1CN(CCCOc2ccc(C(N)=S)cc2)CCS1. The topological polar surface area (TPSA) is 38.5 Å². The minimum atomic E-state index is 0.426. The molecule has 0 bridgehead atoms. The summed E-state index contributed by atoms with van der Waals surface area (Å²) in [4.78, 5) is 2.99. The van der Waals surface area contributed by atoms with Gasteiger partial charge in [0.25, 0.3) is 0 Å². The lowest BCUT2D eigenvalue weighted by Crippen LogP contribution is -2.38. The van der Waals surface area contributed by atoms with Crippen LogP contribution in [0.15, 0.2) is 24.3 Å². The Morgan fingerprint density at radius 2 is 2.19 bits per heavy atom. The van der Waals surface area contributed by atoms with E-state index in [0.29, 0.717) is 4.99 Å². The Morgan fingerprint density at radius 3 is 2.86 bits per heavy atom. The Labute approximate surface area is 137 Å². The van der Waals surface area contributed by atoms with Crippen molar-refractivity contribution in [2.24, 2.45) is 5.73 Å². The Bertz CT molecular complexity index is 450. The average molecular weight is 325 g/mol. The number of ether oxygens (including phenoxy) is 1. The molecule has 0 saturated carbocycles. The molecule has 2 rings (SSSR count). The summed E-state index contributed by atoms with van der Waals surface area (Å²) in [6.45, 7) is 6.60. The largest absolute Gasteiger partial charge is 0.494 e. The lowest BCUT2D eigenvalue weighted by molar-refractivity contribution is 0.238. The fourth-order valence-electron chi connectivity index (χ4n) is 2.42. The minimum absolute atomic E-state index is 0.426. The van der Waals surface area contributed by atoms with Gasteiger partial charge in [-0.25, -0.2) is 0 Å². The molecule has 1 aromatic carbocycles. The number of rotatable bonds is 7. The summed E-state index contributed by atoms with van der Waals surface area (Å²) in [6, 6.07) is 7.68. The van der Waals surface area contributed by atoms with E-state index in [0.717, 1.165) is 36.1 Å². The van der Waals surface area contributed by atoms with Gasteiger partial charge in [0.1, 0.15) is 10.7 Å². The number of nitrogens with two attached hydrogens (primary N) is 1. The highest BCUT2D eigenvalue weighted by molar-refractivity contribution is 8.00. The molecule has 1 unspecified atom stereocenters. The second kappa shape index (κ2) is 8.61. The van der Waals surface area contributed by atoms with Gasteiger partial charge in [0.15, 0.2) is 0 Å². The third-order valence-corrected chi connectivity index (χ3v) is 5.31. The quantitative estimate of drug-likeness (QED) is 0.617. The Kier molecular flexibility index (Phi) is 6.80. The number of hydrogen-bond acceptors (Lipinski definition) is 4. The zero-order valence-electron chi connectivity index (χ0n) is 12.6. The summed E-state index contributed by atoms with van der Waals surface area (Å²) in [5.41, 5.74) is 6.46. The van der Waals surface area contributed by atoms with Crippen LogP contribution in [-0.2, 0) is 0 Å². The van der Waals surface area contributed by atoms with Crippen LogP contribution in [0.2, 0.25) is 0 Å². The molecule has 1 aliphatic heterocycles. The van der Waals surface area contributed by atoms with Gasteiger partial charge < -0.3 is 15.4 Å². The van der Waals surface area contributed by atoms with E-state index in [-0.39, 0.29) is 0 Å². The maximum atomic E-state index is 5.77. The standard InChI is InChI=1S/C16H24N2OS2/c1-2-15-12-18(9-11-21-15)8-3-10-19-14-6-4-13(5-7-14)16(17)20/h4-7,15H,2-3,8-12H2,1H3,(H2,17,20). The molecule has 1 saturated heterocycles. The van der Waals surface area contributed by atoms with E-state index < -0.39 is 0 Å². The molecule has 3 nitrogen and oxygen atoms in total. The third kappa shape index (κ3) is 5.49. The summed E-state index contributed by atoms with van der Waals surface area (Å²) in [5, 5.41) is 0.812. The smallest absolute Gasteiger partial charge is 0.119 e. The molecule has 1 aliphatic rings. The van der Waals surface area contributed by atoms with Crippen LogP contribution in [0.4, 0.5) is 0 Å². The van der Waals surface area contributed by atoms with Crippen molar-refractivity contribution in [2.45, 2.75) is 25.0 Å². The van der Waals surface area contributed by atoms with Crippen LogP contribution in [0, 0.1) is 0 Å². The molecule has 0 aromatic heterocycles. The van der Waals surface area contributed by atoms with Crippen LogP contribution in [-0.4, -0.2) is 47.1 Å². The van der Waals surface area contributed by atoms with Gasteiger partial charge in [-0.1, -0.05) is 19.1 Å². The van der Waals surface area contributed by atoms with Crippen LogP contribution in [0.25, 0.3) is 0 Å². The summed E-state index contributed by atoms with van der Waals surface area (Å²) in [6.07, 6.45) is 2.34. The van der Waals surface area contributed by atoms with Gasteiger partial charge in [-0.05, 0) is 37.1 Å². The zero-order valence-corrected chi connectivity index (χ0v) is 14.2. The molecule has 0 spiro atoms. The Hall–Kier alpha value is -0.780. The minimum Gasteiger partial charge on any atom is -0.494 e. The van der Waals surface area contributed by atoms with Gasteiger partial charge in [0, 0.05) is 36.2 Å². The molecule has 1 atom stereocenters. The highest BCUT2D eigenvalue weighted by Crippen LogP contribution is 2.21. The summed E-state index contributed by atoms with van der Waals surface area (Å²) in [7, 11) is 0. The Morgan fingerprint density at radius 1 is 1.43 bits per heavy atom. The van der Waals surface area contributed by atoms with Gasteiger partial charge in [0.05, 0.1) is 6.61 Å². The number of thiocarbonyl (C=S) groups is 1. The molecule has 5 heteroatoms. The van der Waals surface area contributed by atoms with Crippen molar-refractivity contribution in [3.63, 3.8) is 0 Å². The fourth-order valence-corrected chi connectivity index (χ4v) is 3.81. The normalized spacial score (nSPS) is 19.4. The number of hydrogen-bond donors (Lipinski definition) is 1. The second-order valence-corrected chi connectivity index (χ2v) is 7.14. The van der Waals surface area contributed by atoms with Gasteiger partial charge in [-0.3, -0.25) is 0 Å². The van der Waals surface area contributed by atoms with Crippen molar-refractivity contribution in [3.8, 4) is 5.75 Å². The van der Waals surface area contributed by atoms with E-state index in [1.54, 1.807) is 0 Å². The predicted molar refractivity (Wildman–Crippen MR) is 95.4 cm³/mol. The first kappa shape index (κ1) is 16.6. The molecule has 2 N–H and O–H groups in total. The zero-order chi connectivity index (χ0) is 15.1. The van der Waals surface area contributed by atoms with Crippen LogP contribution in [0.3, 0.4) is 0 Å². The summed E-state index contributed by atoms with van der Waals surface area (Å²) in [5.74, 6) is 2.15. The summed E-state index contributed by atoms with van der Waals surface area (Å²) < 4.78 is 5.77. The maximum absolute atomic E-state index is 5.77. The van der Waals surface area contributed by atoms with E-state index in [1.807, 2.05) is 24.3 Å². The lowest BCUT2D eigenvalue weighted by Gasteiger charge is -2.31. The first-order valence-corrected chi connectivity index (χ1v) is 9.01. The van der Waals surface area contributed by atoms with Crippen LogP contribution < -0.4 is 10.5 Å². The van der Waals surface area contributed by atoms with Crippen molar-refractivity contribution in [2.75, 3.05) is 32.0 Å². The average Bonchev–Trinajstić information content (AvgIpc) is 2.52. The first-order chi connectivity index (χ1) is 10.2. The van der Waals surface area contributed by atoms with E-state index in [4.69, 9.17) is 22.7 Å². The van der Waals surface area contributed by atoms with Gasteiger partial charge in [-0.15, -0.1) is 0 Å². The molecular weight excluding hydrogens is 300 g/mol. The second-order valence-electron chi connectivity index (χ2n) is 5.29. The van der Waals surface area contributed by atoms with Crippen molar-refractivity contribution < 1.29 is 4.74 Å². The predicted octanol–water partition coefficient (Wildman–Crippen LogP) is 2.92. The van der Waals surface area contributed by atoms with Crippen molar-refractivity contribution in [1.82, 2.24) is 4.90 Å². The van der Waals surface area contributed by atoms with Gasteiger partial charge in [0.2, 0.25) is 0 Å². The van der Waals surface area contributed by atoms with Gasteiger partial charge >= 0.3 is 0 Å². The number of benzene rings is 1. The number of nitrogens with zero attached hydrogens (tertiary/aromatic N) is 1. The molecule has 0 amide bonds. The fraction of sp³-hybridized carbons (Fsp3) is 0.562. The molecule has 0 radical (unpaired) electrons. The highest BCUT2D eigenvalue weighted by atomic mass is 32.2. The van der Waals surface area contributed by atoms with E-state index in [9.17, 15) is 0 Å². The van der Waals surface area contributed by atoms with Crippen LogP contribution in [0.5, 0.6) is 5.75 Å². The lowest BCUT2D eigenvalue weighted by atomic mass is 10.2. The van der Waals surface area contributed by atoms with Crippen molar-refractivity contribution in [1.29, 1.82) is 0 Å². The Balaban J connectivity index is 1.66. The molecule has 1 aromatic rings. The van der Waals surface area contributed by atoms with Crippen LogP contribution in [0.1, 0.15) is 25.3 Å². The van der Waals surface area contributed by atoms with Crippen molar-refractivity contribution >= 4 is 29.0 Å².